The molecule has 0 radical (unpaired) electrons. The van der Waals surface area contributed by atoms with Crippen molar-refractivity contribution in [3.8, 4) is 11.4 Å². The number of para-hydroxylation sites is 2. The Morgan fingerprint density at radius 1 is 1.04 bits per heavy atom. The van der Waals surface area contributed by atoms with Crippen LogP contribution >= 0.6 is 0 Å². The van der Waals surface area contributed by atoms with Crippen LogP contribution in [0.15, 0.2) is 66.9 Å². The molecular formula is C19H16F3N3O2. The van der Waals surface area contributed by atoms with E-state index < -0.39 is 23.3 Å². The van der Waals surface area contributed by atoms with E-state index >= 15 is 0 Å². The summed E-state index contributed by atoms with van der Waals surface area (Å²) in [5.74, 6) is -0.249. The molecule has 0 atom stereocenters. The summed E-state index contributed by atoms with van der Waals surface area (Å²) in [6.45, 7) is 0.186. The summed E-state index contributed by atoms with van der Waals surface area (Å²) in [4.78, 5) is 12.2. The van der Waals surface area contributed by atoms with Gasteiger partial charge in [-0.15, -0.1) is 0 Å². The van der Waals surface area contributed by atoms with Gasteiger partial charge in [-0.25, -0.2) is 4.68 Å². The Morgan fingerprint density at radius 2 is 1.67 bits per heavy atom. The molecule has 1 heterocycles. The number of hydrogen-bond acceptors (Lipinski definition) is 3. The second-order valence-corrected chi connectivity index (χ2v) is 5.57. The quantitative estimate of drug-likeness (QED) is 0.669. The number of ether oxygens (including phenoxy) is 1. The molecule has 27 heavy (non-hydrogen) atoms. The molecule has 0 saturated carbocycles. The second kappa shape index (κ2) is 7.94. The normalized spacial score (nSPS) is 11.2. The lowest BCUT2D eigenvalue weighted by atomic mass is 10.2. The largest absolute Gasteiger partial charge is 0.492 e. The molecule has 0 aliphatic heterocycles. The number of benzene rings is 2. The van der Waals surface area contributed by atoms with E-state index in [9.17, 15) is 18.0 Å². The van der Waals surface area contributed by atoms with E-state index in [1.165, 1.54) is 12.1 Å². The predicted molar refractivity (Wildman–Crippen MR) is 92.8 cm³/mol. The summed E-state index contributed by atoms with van der Waals surface area (Å²) in [5.41, 5.74) is -1.43. The van der Waals surface area contributed by atoms with Crippen molar-refractivity contribution in [3.05, 3.63) is 78.1 Å². The number of aromatic nitrogens is 2. The zero-order valence-corrected chi connectivity index (χ0v) is 14.1. The summed E-state index contributed by atoms with van der Waals surface area (Å²) in [6.07, 6.45) is -3.82. The maximum absolute atomic E-state index is 13.5. The average Bonchev–Trinajstić information content (AvgIpc) is 3.12. The van der Waals surface area contributed by atoms with Crippen LogP contribution in [0.2, 0.25) is 0 Å². The maximum atomic E-state index is 13.5. The van der Waals surface area contributed by atoms with Gasteiger partial charge in [0.05, 0.1) is 24.0 Å². The van der Waals surface area contributed by atoms with Gasteiger partial charge in [0.15, 0.2) is 5.69 Å². The molecule has 2 aromatic carbocycles. The van der Waals surface area contributed by atoms with Gasteiger partial charge in [0.25, 0.3) is 5.91 Å². The van der Waals surface area contributed by atoms with E-state index in [1.807, 2.05) is 6.07 Å². The third-order valence-electron chi connectivity index (χ3n) is 3.68. The Morgan fingerprint density at radius 3 is 2.30 bits per heavy atom. The highest BCUT2D eigenvalue weighted by atomic mass is 19.4. The third kappa shape index (κ3) is 4.46. The fourth-order valence-corrected chi connectivity index (χ4v) is 2.50. The summed E-state index contributed by atoms with van der Waals surface area (Å²) in [5, 5.41) is 6.18. The molecule has 0 saturated heterocycles. The summed E-state index contributed by atoms with van der Waals surface area (Å²) < 4.78 is 46.7. The Balaban J connectivity index is 1.72. The van der Waals surface area contributed by atoms with Crippen LogP contribution in [-0.2, 0) is 6.18 Å². The standard InChI is InChI=1S/C19H16F3N3O2/c20-19(21,22)17-16(13-24-25(17)14-7-3-1-4-8-14)18(26)23-11-12-27-15-9-5-2-6-10-15/h1-10,13H,11-12H2,(H,23,26). The molecule has 8 heteroatoms. The molecular weight excluding hydrogens is 359 g/mol. The monoisotopic (exact) mass is 375 g/mol. The molecule has 0 unspecified atom stereocenters. The number of carbonyl (C=O) groups is 1. The maximum Gasteiger partial charge on any atom is 0.434 e. The van der Waals surface area contributed by atoms with Crippen LogP contribution in [0.5, 0.6) is 5.75 Å². The van der Waals surface area contributed by atoms with Crippen molar-refractivity contribution >= 4 is 5.91 Å². The number of hydrogen-bond donors (Lipinski definition) is 1. The van der Waals surface area contributed by atoms with Gasteiger partial charge in [-0.1, -0.05) is 36.4 Å². The highest BCUT2D eigenvalue weighted by molar-refractivity contribution is 5.95. The summed E-state index contributed by atoms with van der Waals surface area (Å²) in [6, 6.07) is 16.7. The smallest absolute Gasteiger partial charge is 0.434 e. The fourth-order valence-electron chi connectivity index (χ4n) is 2.50. The zero-order valence-electron chi connectivity index (χ0n) is 14.1. The number of nitrogens with one attached hydrogen (secondary N) is 1. The SMILES string of the molecule is O=C(NCCOc1ccccc1)c1cnn(-c2ccccc2)c1C(F)(F)F. The van der Waals surface area contributed by atoms with Gasteiger partial charge >= 0.3 is 6.18 Å². The third-order valence-corrected chi connectivity index (χ3v) is 3.68. The van der Waals surface area contributed by atoms with Crippen molar-refractivity contribution in [2.75, 3.05) is 13.2 Å². The number of amides is 1. The van der Waals surface area contributed by atoms with Gasteiger partial charge in [0.2, 0.25) is 0 Å². The number of nitrogens with zero attached hydrogens (tertiary/aromatic N) is 2. The molecule has 0 spiro atoms. The molecule has 3 aromatic rings. The highest BCUT2D eigenvalue weighted by Crippen LogP contribution is 2.33. The Hall–Kier alpha value is -3.29. The molecule has 0 fully saturated rings. The molecule has 1 aromatic heterocycles. The van der Waals surface area contributed by atoms with Crippen LogP contribution in [0.3, 0.4) is 0 Å². The van der Waals surface area contributed by atoms with Crippen molar-refractivity contribution in [1.29, 1.82) is 0 Å². The van der Waals surface area contributed by atoms with E-state index in [0.717, 1.165) is 10.9 Å². The number of carbonyl (C=O) groups excluding carboxylic acids is 1. The van der Waals surface area contributed by atoms with Crippen LogP contribution in [0.4, 0.5) is 13.2 Å². The predicted octanol–water partition coefficient (Wildman–Crippen LogP) is 3.70. The van der Waals surface area contributed by atoms with Crippen molar-refractivity contribution in [2.24, 2.45) is 0 Å². The second-order valence-electron chi connectivity index (χ2n) is 5.57. The lowest BCUT2D eigenvalue weighted by Crippen LogP contribution is -2.30. The average molecular weight is 375 g/mol. The van der Waals surface area contributed by atoms with E-state index in [2.05, 4.69) is 10.4 Å². The molecule has 140 valence electrons. The first-order chi connectivity index (χ1) is 13.0. The van der Waals surface area contributed by atoms with Crippen LogP contribution < -0.4 is 10.1 Å². The molecule has 0 bridgehead atoms. The topological polar surface area (TPSA) is 56.1 Å². The van der Waals surface area contributed by atoms with Crippen molar-refractivity contribution in [3.63, 3.8) is 0 Å². The van der Waals surface area contributed by atoms with E-state index in [0.29, 0.717) is 5.75 Å². The minimum atomic E-state index is -4.74. The first-order valence-electron chi connectivity index (χ1n) is 8.13. The minimum absolute atomic E-state index is 0.0571. The number of halogens is 3. The van der Waals surface area contributed by atoms with Gasteiger partial charge in [-0.2, -0.15) is 18.3 Å². The fraction of sp³-hybridized carbons (Fsp3) is 0.158. The first kappa shape index (κ1) is 18.5. The van der Waals surface area contributed by atoms with Gasteiger partial charge < -0.3 is 10.1 Å². The van der Waals surface area contributed by atoms with Crippen LogP contribution in [0.1, 0.15) is 16.1 Å². The molecule has 0 aliphatic carbocycles. The van der Waals surface area contributed by atoms with Gasteiger partial charge in [-0.05, 0) is 24.3 Å². The summed E-state index contributed by atoms with van der Waals surface area (Å²) >= 11 is 0. The van der Waals surface area contributed by atoms with Crippen LogP contribution in [-0.4, -0.2) is 28.8 Å². The minimum Gasteiger partial charge on any atom is -0.492 e. The molecule has 0 aliphatic rings. The van der Waals surface area contributed by atoms with Gasteiger partial charge in [0.1, 0.15) is 12.4 Å². The Kier molecular flexibility index (Phi) is 5.44. The first-order valence-corrected chi connectivity index (χ1v) is 8.13. The van der Waals surface area contributed by atoms with Crippen LogP contribution in [0.25, 0.3) is 5.69 Å². The molecule has 1 N–H and O–H groups in total. The Bertz CT molecular complexity index is 894. The van der Waals surface area contributed by atoms with E-state index in [1.54, 1.807) is 42.5 Å². The van der Waals surface area contributed by atoms with E-state index in [-0.39, 0.29) is 18.8 Å². The number of rotatable bonds is 6. The molecule has 5 nitrogen and oxygen atoms in total. The van der Waals surface area contributed by atoms with Gasteiger partial charge in [0, 0.05) is 0 Å². The molecule has 3 rings (SSSR count). The zero-order chi connectivity index (χ0) is 19.3. The molecule has 1 amide bonds. The Labute approximate surface area is 153 Å². The summed E-state index contributed by atoms with van der Waals surface area (Å²) in [7, 11) is 0. The highest BCUT2D eigenvalue weighted by Gasteiger charge is 2.40. The lowest BCUT2D eigenvalue weighted by Gasteiger charge is -2.13. The van der Waals surface area contributed by atoms with Crippen LogP contribution in [0, 0.1) is 0 Å². The van der Waals surface area contributed by atoms with Gasteiger partial charge in [-0.3, -0.25) is 4.79 Å². The number of alkyl halides is 3. The van der Waals surface area contributed by atoms with Crippen molar-refractivity contribution < 1.29 is 22.7 Å². The van der Waals surface area contributed by atoms with E-state index in [4.69, 9.17) is 4.74 Å². The van der Waals surface area contributed by atoms with Crippen molar-refractivity contribution in [1.82, 2.24) is 15.1 Å². The lowest BCUT2D eigenvalue weighted by molar-refractivity contribution is -0.143. The van der Waals surface area contributed by atoms with Crippen molar-refractivity contribution in [2.45, 2.75) is 6.18 Å².